The van der Waals surface area contributed by atoms with Gasteiger partial charge in [-0.05, 0) is 6.99 Å². The van der Waals surface area contributed by atoms with Crippen molar-refractivity contribution in [3.8, 4) is 0 Å². The summed E-state index contributed by atoms with van der Waals surface area (Å²) in [7, 11) is 9.47. The Bertz CT molecular complexity index is 83.0. The maximum absolute atomic E-state index is 5.00. The highest BCUT2D eigenvalue weighted by Crippen LogP contribution is 2.88. The van der Waals surface area contributed by atoms with Crippen LogP contribution in [0.25, 0.3) is 0 Å². The Morgan fingerprint density at radius 3 is 1.89 bits per heavy atom. The zero-order chi connectivity index (χ0) is 11.9. The number of hydrogen-bond acceptors (Lipinski definition) is 1. The zero-order valence-corrected chi connectivity index (χ0v) is 11.0. The molecule has 0 bridgehead atoms. The van der Waals surface area contributed by atoms with Crippen LogP contribution in [0.2, 0.25) is 0 Å². The Balaban J connectivity index is -0.0000000120. The third-order valence-electron chi connectivity index (χ3n) is 0.320. The van der Waals surface area contributed by atoms with Gasteiger partial charge in [-0.15, -0.1) is 17.9 Å². The highest BCUT2D eigenvalue weighted by Gasteiger charge is 2.00. The Labute approximate surface area is 87.7 Å². The first kappa shape index (κ1) is 9.82. The Hall–Kier alpha value is 2.73. The molecule has 0 saturated heterocycles. The van der Waals surface area contributed by atoms with Crippen molar-refractivity contribution in [3.63, 3.8) is 0 Å². The predicted molar refractivity (Wildman–Crippen MR) is 80.3 cm³/mol. The summed E-state index contributed by atoms with van der Waals surface area (Å²) in [5.74, 6) is 0. The van der Waals surface area contributed by atoms with Gasteiger partial charge in [-0.1, -0.05) is 28.2 Å². The summed E-state index contributed by atoms with van der Waals surface area (Å²) in [5.41, 5.74) is 0. The molecular weight excluding hydrogens is 241 g/mol. The quantitative estimate of drug-likeness (QED) is 0.502. The monoisotopic (exact) mass is 275 g/mol. The van der Waals surface area contributed by atoms with Crippen LogP contribution in [0.5, 0.6) is 0 Å². The van der Waals surface area contributed by atoms with Crippen LogP contribution >= 0.6 is 47.8 Å². The van der Waals surface area contributed by atoms with Crippen LogP contribution in [0.3, 0.4) is 0 Å². The van der Waals surface area contributed by atoms with Gasteiger partial charge in [0.05, 0.1) is 0 Å². The molecule has 63 valence electrons. The summed E-state index contributed by atoms with van der Waals surface area (Å²) in [5, 5.41) is 0. The lowest BCUT2D eigenvalue weighted by Gasteiger charge is -2.05. The molecule has 0 nitrogen and oxygen atoms in total. The largest absolute Gasteiger partial charge is 0.102 e. The zero-order valence-electron chi connectivity index (χ0n) is 10.1. The minimum absolute atomic E-state index is 0. The molecule has 0 aromatic carbocycles. The summed E-state index contributed by atoms with van der Waals surface area (Å²) in [4.78, 5) is 0. The predicted octanol–water partition coefficient (Wildman–Crippen LogP) is 5.04. The molecule has 4 atom stereocenters. The van der Waals surface area contributed by atoms with E-state index in [1.54, 1.807) is 0 Å². The molecule has 0 aliphatic heterocycles. The summed E-state index contributed by atoms with van der Waals surface area (Å²) < 4.78 is 30.0. The fourth-order valence-corrected chi connectivity index (χ4v) is 10.2. The van der Waals surface area contributed by atoms with E-state index in [4.69, 9.17) is 20.7 Å². The van der Waals surface area contributed by atoms with Gasteiger partial charge in [0.25, 0.3) is 0 Å². The topological polar surface area (TPSA) is 0 Å². The van der Waals surface area contributed by atoms with Crippen LogP contribution in [0.15, 0.2) is 0 Å². The standard InChI is InChI=1S/CH4.B.H6P6S.5H2/c;;1-5(2)6(3)4-7;;;;;/h1H4;;1-3H2;5*1H/i;;;3*1+2T;1+2;. The van der Waals surface area contributed by atoms with E-state index in [1.807, 2.05) is 0 Å². The average Bonchev–Trinajstić information content (AvgIpc) is 2.25. The average molecular weight is 275 g/mol. The lowest BCUT2D eigenvalue weighted by molar-refractivity contribution is 2.50. The number of rotatable bonds is 2. The van der Waals surface area contributed by atoms with Crippen molar-refractivity contribution in [3.05, 3.63) is 0 Å². The second-order valence-electron chi connectivity index (χ2n) is 0.782. The van der Waals surface area contributed by atoms with E-state index < -0.39 is 0 Å². The molecule has 0 N–H and O–H groups in total. The molecular formula is CH20BP6S. The van der Waals surface area contributed by atoms with E-state index >= 15 is 0 Å². The van der Waals surface area contributed by atoms with Crippen LogP contribution < -0.4 is 0 Å². The molecule has 9 heavy (non-hydrogen) atoms. The molecule has 0 aliphatic carbocycles. The van der Waals surface area contributed by atoms with Crippen molar-refractivity contribution in [2.75, 3.05) is 0 Å². The minimum atomic E-state index is 0. The molecule has 3 radical (unpaired) electrons. The Morgan fingerprint density at radius 2 is 1.89 bits per heavy atom. The second-order valence-corrected chi connectivity index (χ2v) is 21.1. The Morgan fingerprint density at radius 1 is 1.56 bits per heavy atom. The maximum atomic E-state index is 5.00. The van der Waals surface area contributed by atoms with E-state index in [0.717, 1.165) is 7.04 Å². The smallest absolute Gasteiger partial charge is 0.0109 e. The molecule has 0 saturated carbocycles. The third-order valence-corrected chi connectivity index (χ3v) is 25.9. The molecule has 0 amide bonds. The van der Waals surface area contributed by atoms with Gasteiger partial charge in [0.1, 0.15) is 0 Å². The van der Waals surface area contributed by atoms with Gasteiger partial charge in [-0.25, -0.2) is 0 Å². The molecule has 4 unspecified atom stereocenters. The maximum Gasteiger partial charge on any atom is 0.0109 e. The summed E-state index contributed by atoms with van der Waals surface area (Å²) in [6.45, 7) is 0.140. The van der Waals surface area contributed by atoms with E-state index in [2.05, 4.69) is 26.8 Å². The van der Waals surface area contributed by atoms with Gasteiger partial charge in [-0.3, -0.25) is 0 Å². The normalized spacial score (nSPS) is 14.7. The fraction of sp³-hybridized carbons (Fsp3) is 1.00. The van der Waals surface area contributed by atoms with E-state index in [1.165, 1.54) is 0 Å². The SMILES string of the molecule is C.PP(P)P(P)P=S.[3HH].[3H][3H].[3H][3H].[3H][3H].[B].[HH]. The van der Waals surface area contributed by atoms with E-state index in [0.29, 0.717) is 0 Å². The first-order chi connectivity index (χ1) is 6.18. The van der Waals surface area contributed by atoms with Crippen LogP contribution in [0.4, 0.5) is 0 Å². The van der Waals surface area contributed by atoms with Crippen molar-refractivity contribution >= 4 is 68.0 Å². The second kappa shape index (κ2) is 10.7. The van der Waals surface area contributed by atoms with E-state index in [-0.39, 0.29) is 32.7 Å². The highest BCUT2D eigenvalue weighted by atomic mass is 33.0. The van der Waals surface area contributed by atoms with Gasteiger partial charge in [0.2, 0.25) is 0 Å². The minimum Gasteiger partial charge on any atom is -0.102 e. The first-order valence-corrected chi connectivity index (χ1v) is 12.2. The molecule has 0 aliphatic rings. The van der Waals surface area contributed by atoms with Crippen molar-refractivity contribution in [2.45, 2.75) is 7.43 Å². The van der Waals surface area contributed by atoms with Crippen LogP contribution in [-0.4, -0.2) is 8.41 Å². The molecule has 0 heterocycles. The van der Waals surface area contributed by atoms with Crippen LogP contribution in [0.1, 0.15) is 19.2 Å². The third kappa shape index (κ3) is 10.7. The molecule has 0 spiro atoms. The van der Waals surface area contributed by atoms with Crippen molar-refractivity contribution in [2.24, 2.45) is 0 Å². The first-order valence-electron chi connectivity index (χ1n) is 4.36. The summed E-state index contributed by atoms with van der Waals surface area (Å²) >= 11 is 4.82. The van der Waals surface area contributed by atoms with Crippen LogP contribution in [0, 0.1) is 0 Å². The molecule has 8 heteroatoms. The van der Waals surface area contributed by atoms with Crippen molar-refractivity contribution < 1.29 is 11.8 Å². The number of hydrogen-bond donors (Lipinski definition) is 0. The van der Waals surface area contributed by atoms with Crippen molar-refractivity contribution in [1.82, 2.24) is 0 Å². The van der Waals surface area contributed by atoms with Gasteiger partial charge in [0.15, 0.2) is 0 Å². The van der Waals surface area contributed by atoms with Crippen molar-refractivity contribution in [1.29, 1.82) is 0 Å². The highest BCUT2D eigenvalue weighted by molar-refractivity contribution is 8.95. The van der Waals surface area contributed by atoms with Gasteiger partial charge in [-0.2, -0.15) is 0 Å². The lowest BCUT2D eigenvalue weighted by Crippen LogP contribution is -1.18. The summed E-state index contributed by atoms with van der Waals surface area (Å²) in [6, 6.07) is 0. The fourth-order valence-electron chi connectivity index (χ4n) is 0.0422. The lowest BCUT2D eigenvalue weighted by atomic mass is 10.8. The van der Waals surface area contributed by atoms with E-state index in [9.17, 15) is 0 Å². The van der Waals surface area contributed by atoms with Gasteiger partial charge < -0.3 is 0 Å². The molecule has 0 fully saturated rings. The van der Waals surface area contributed by atoms with Gasteiger partial charge in [0, 0.05) is 34.2 Å². The summed E-state index contributed by atoms with van der Waals surface area (Å²) in [6.07, 6.45) is 0. The molecule has 0 aromatic heterocycles. The molecule has 0 aromatic rings. The van der Waals surface area contributed by atoms with Gasteiger partial charge >= 0.3 is 0 Å². The Kier molecular flexibility index (Phi) is 11.7. The molecule has 0 rings (SSSR count). The van der Waals surface area contributed by atoms with Crippen LogP contribution in [-0.2, 0) is 11.8 Å².